The number of fused-ring (bicyclic) bond motifs is 1. The second-order valence-corrected chi connectivity index (χ2v) is 6.38. The lowest BCUT2D eigenvalue weighted by Crippen LogP contribution is -2.42. The molecule has 1 aromatic carbocycles. The van der Waals surface area contributed by atoms with Crippen LogP contribution in [0.4, 0.5) is 5.82 Å². The lowest BCUT2D eigenvalue weighted by Gasteiger charge is -2.10. The summed E-state index contributed by atoms with van der Waals surface area (Å²) in [5, 5.41) is 0.666. The fourth-order valence-electron chi connectivity index (χ4n) is 2.91. The zero-order chi connectivity index (χ0) is 21.5. The van der Waals surface area contributed by atoms with Crippen LogP contribution < -0.4 is 21.7 Å². The van der Waals surface area contributed by atoms with Crippen molar-refractivity contribution < 1.29 is 23.5 Å². The van der Waals surface area contributed by atoms with Gasteiger partial charge >= 0.3 is 11.7 Å². The van der Waals surface area contributed by atoms with Gasteiger partial charge in [-0.25, -0.2) is 9.59 Å². The number of carbonyl (C=O) groups is 2. The zero-order valence-electron chi connectivity index (χ0n) is 16.3. The summed E-state index contributed by atoms with van der Waals surface area (Å²) in [4.78, 5) is 48.9. The van der Waals surface area contributed by atoms with Crippen molar-refractivity contribution in [1.82, 2.24) is 9.13 Å². The number of esters is 1. The average Bonchev–Trinajstić information content (AvgIpc) is 3.05. The molecule has 0 atom stereocenters. The van der Waals surface area contributed by atoms with E-state index in [1.54, 1.807) is 25.1 Å². The molecule has 3 rings (SSSR count). The van der Waals surface area contributed by atoms with Crippen molar-refractivity contribution in [3.63, 3.8) is 0 Å². The van der Waals surface area contributed by atoms with Gasteiger partial charge in [0, 0.05) is 25.0 Å². The predicted molar refractivity (Wildman–Crippen MR) is 103 cm³/mol. The van der Waals surface area contributed by atoms with Gasteiger partial charge in [0.25, 0.3) is 5.56 Å². The number of benzene rings is 1. The number of furan rings is 1. The van der Waals surface area contributed by atoms with Crippen LogP contribution in [0.15, 0.2) is 32.2 Å². The van der Waals surface area contributed by atoms with Gasteiger partial charge < -0.3 is 19.6 Å². The molecule has 0 fully saturated rings. The summed E-state index contributed by atoms with van der Waals surface area (Å²) in [5.41, 5.74) is 4.75. The number of methoxy groups -OCH3 is 1. The van der Waals surface area contributed by atoms with Gasteiger partial charge in [-0.05, 0) is 25.1 Å². The first-order valence-electron chi connectivity index (χ1n) is 8.50. The molecule has 0 bridgehead atoms. The maximum absolute atomic E-state index is 12.4. The summed E-state index contributed by atoms with van der Waals surface area (Å²) in [6.45, 7) is 0.931. The normalized spacial score (nSPS) is 10.9. The third-order valence-electron chi connectivity index (χ3n) is 4.65. The molecule has 0 aliphatic rings. The Bertz CT molecular complexity index is 1260. The van der Waals surface area contributed by atoms with Crippen LogP contribution in [0.2, 0.25) is 0 Å². The van der Waals surface area contributed by atoms with Gasteiger partial charge in [0.2, 0.25) is 11.5 Å². The Kier molecular flexibility index (Phi) is 5.02. The van der Waals surface area contributed by atoms with Gasteiger partial charge in [-0.1, -0.05) is 0 Å². The van der Waals surface area contributed by atoms with E-state index < -0.39 is 35.2 Å². The van der Waals surface area contributed by atoms with Gasteiger partial charge in [0.05, 0.1) is 7.11 Å². The predicted octanol–water partition coefficient (Wildman–Crippen LogP) is 0.769. The summed E-state index contributed by atoms with van der Waals surface area (Å²) in [6, 6.07) is 5.05. The van der Waals surface area contributed by atoms with Gasteiger partial charge in [-0.3, -0.25) is 18.7 Å². The Morgan fingerprint density at radius 3 is 2.52 bits per heavy atom. The lowest BCUT2D eigenvalue weighted by atomic mass is 10.1. The molecule has 0 aliphatic carbocycles. The number of rotatable bonds is 5. The Hall–Kier alpha value is -3.82. The van der Waals surface area contributed by atoms with Crippen LogP contribution >= 0.6 is 0 Å². The van der Waals surface area contributed by atoms with Crippen molar-refractivity contribution >= 4 is 28.5 Å². The summed E-state index contributed by atoms with van der Waals surface area (Å²) in [6.07, 6.45) is 0. The number of aromatic nitrogens is 2. The fourth-order valence-corrected chi connectivity index (χ4v) is 2.91. The average molecular weight is 401 g/mol. The van der Waals surface area contributed by atoms with Gasteiger partial charge in [0.1, 0.15) is 22.7 Å². The number of ether oxygens (including phenoxy) is 2. The quantitative estimate of drug-likeness (QED) is 0.489. The SMILES string of the molecule is COc1ccc2oc(C(=O)OCC(=O)c3c(N)n(C)c(=O)n(C)c3=O)c(C)c2c1. The maximum atomic E-state index is 12.4. The Labute approximate surface area is 164 Å². The van der Waals surface area contributed by atoms with E-state index in [4.69, 9.17) is 19.6 Å². The molecule has 3 aromatic rings. The summed E-state index contributed by atoms with van der Waals surface area (Å²) in [7, 11) is 4.07. The number of ketones is 1. The lowest BCUT2D eigenvalue weighted by molar-refractivity contribution is 0.0444. The number of Topliss-reactive ketones (excluding diaryl/α,β-unsaturated/α-hetero) is 1. The molecule has 0 saturated heterocycles. The molecule has 2 aromatic heterocycles. The highest BCUT2D eigenvalue weighted by Crippen LogP contribution is 2.29. The van der Waals surface area contributed by atoms with E-state index in [1.807, 2.05) is 0 Å². The molecule has 10 nitrogen and oxygen atoms in total. The third-order valence-corrected chi connectivity index (χ3v) is 4.65. The van der Waals surface area contributed by atoms with Gasteiger partial charge in [-0.15, -0.1) is 0 Å². The first kappa shape index (κ1) is 19.9. The molecule has 152 valence electrons. The molecule has 0 spiro atoms. The zero-order valence-corrected chi connectivity index (χ0v) is 16.3. The van der Waals surface area contributed by atoms with Crippen LogP contribution in [0.1, 0.15) is 26.5 Å². The fraction of sp³-hybridized carbons (Fsp3) is 0.263. The van der Waals surface area contributed by atoms with Crippen molar-refractivity contribution in [2.45, 2.75) is 6.92 Å². The molecule has 2 heterocycles. The standard InChI is InChI=1S/C19H19N3O7/c1-9-11-7-10(27-4)5-6-13(11)29-15(9)18(25)28-8-12(23)14-16(20)21(2)19(26)22(3)17(14)24/h5-7H,8,20H2,1-4H3. The number of carbonyl (C=O) groups excluding carboxylic acids is 2. The second kappa shape index (κ2) is 7.30. The van der Waals surface area contributed by atoms with Crippen molar-refractivity contribution in [2.75, 3.05) is 19.5 Å². The highest BCUT2D eigenvalue weighted by molar-refractivity contribution is 6.02. The highest BCUT2D eigenvalue weighted by Gasteiger charge is 2.24. The van der Waals surface area contributed by atoms with Crippen molar-refractivity contribution in [1.29, 1.82) is 0 Å². The third kappa shape index (κ3) is 3.28. The van der Waals surface area contributed by atoms with Gasteiger partial charge in [0.15, 0.2) is 6.61 Å². The molecule has 2 N–H and O–H groups in total. The number of nitrogens with two attached hydrogens (primary N) is 1. The van der Waals surface area contributed by atoms with E-state index in [2.05, 4.69) is 0 Å². The largest absolute Gasteiger partial charge is 0.497 e. The Morgan fingerprint density at radius 1 is 1.17 bits per heavy atom. The van der Waals surface area contributed by atoms with E-state index in [1.165, 1.54) is 21.2 Å². The topological polar surface area (TPSA) is 136 Å². The maximum Gasteiger partial charge on any atom is 0.375 e. The molecular weight excluding hydrogens is 382 g/mol. The molecule has 29 heavy (non-hydrogen) atoms. The Morgan fingerprint density at radius 2 is 1.86 bits per heavy atom. The van der Waals surface area contributed by atoms with Crippen molar-refractivity contribution in [3.05, 3.63) is 55.9 Å². The molecule has 10 heteroatoms. The highest BCUT2D eigenvalue weighted by atomic mass is 16.5. The minimum Gasteiger partial charge on any atom is -0.497 e. The summed E-state index contributed by atoms with van der Waals surface area (Å²) < 4.78 is 17.4. The first-order valence-corrected chi connectivity index (χ1v) is 8.50. The molecular formula is C19H19N3O7. The number of anilines is 1. The van der Waals surface area contributed by atoms with Crippen LogP contribution in [-0.2, 0) is 18.8 Å². The first-order chi connectivity index (χ1) is 13.7. The number of nitrogens with zero attached hydrogens (tertiary/aromatic N) is 2. The van der Waals surface area contributed by atoms with Crippen molar-refractivity contribution in [2.24, 2.45) is 14.1 Å². The van der Waals surface area contributed by atoms with Gasteiger partial charge in [-0.2, -0.15) is 0 Å². The van der Waals surface area contributed by atoms with Crippen LogP contribution in [0.3, 0.4) is 0 Å². The van der Waals surface area contributed by atoms with Crippen LogP contribution in [0.5, 0.6) is 5.75 Å². The van der Waals surface area contributed by atoms with Crippen LogP contribution in [0, 0.1) is 6.92 Å². The summed E-state index contributed by atoms with van der Waals surface area (Å²) in [5.74, 6) is -1.47. The number of hydrogen-bond acceptors (Lipinski definition) is 8. The van der Waals surface area contributed by atoms with E-state index in [0.29, 0.717) is 22.3 Å². The van der Waals surface area contributed by atoms with Crippen molar-refractivity contribution in [3.8, 4) is 5.75 Å². The molecule has 0 amide bonds. The van der Waals surface area contributed by atoms with E-state index in [-0.39, 0.29) is 11.6 Å². The van der Waals surface area contributed by atoms with E-state index in [0.717, 1.165) is 9.13 Å². The minimum atomic E-state index is -0.869. The molecule has 0 radical (unpaired) electrons. The minimum absolute atomic E-state index is 0.0672. The number of nitrogen functional groups attached to an aromatic ring is 1. The monoisotopic (exact) mass is 401 g/mol. The number of hydrogen-bond donors (Lipinski definition) is 1. The van der Waals surface area contributed by atoms with Crippen LogP contribution in [0.25, 0.3) is 11.0 Å². The molecule has 0 unspecified atom stereocenters. The Balaban J connectivity index is 1.86. The number of aryl methyl sites for hydroxylation is 1. The smallest absolute Gasteiger partial charge is 0.375 e. The van der Waals surface area contributed by atoms with E-state index >= 15 is 0 Å². The van der Waals surface area contributed by atoms with Crippen LogP contribution in [-0.4, -0.2) is 34.6 Å². The molecule has 0 aliphatic heterocycles. The summed E-state index contributed by atoms with van der Waals surface area (Å²) >= 11 is 0. The second-order valence-electron chi connectivity index (χ2n) is 6.38. The van der Waals surface area contributed by atoms with E-state index in [9.17, 15) is 19.2 Å². The molecule has 0 saturated carbocycles.